The Balaban J connectivity index is 2.43. The molecule has 1 aliphatic rings. The molecule has 0 unspecified atom stereocenters. The van der Waals surface area contributed by atoms with Crippen molar-refractivity contribution in [3.05, 3.63) is 0 Å². The smallest absolute Gasteiger partial charge is 0.407 e. The van der Waals surface area contributed by atoms with E-state index in [-0.39, 0.29) is 6.61 Å². The van der Waals surface area contributed by atoms with Gasteiger partial charge in [-0.15, -0.1) is 0 Å². The lowest BCUT2D eigenvalue weighted by molar-refractivity contribution is -0.109. The molecule has 1 amide bonds. The summed E-state index contributed by atoms with van der Waals surface area (Å²) in [6.07, 6.45) is 0.132. The van der Waals surface area contributed by atoms with Crippen LogP contribution in [0.15, 0.2) is 0 Å². The molecule has 1 saturated heterocycles. The van der Waals surface area contributed by atoms with Gasteiger partial charge in [0.05, 0.1) is 0 Å². The van der Waals surface area contributed by atoms with Crippen molar-refractivity contribution in [1.29, 1.82) is 0 Å². The molecule has 0 spiro atoms. The second-order valence-corrected chi connectivity index (χ2v) is 1.49. The quantitative estimate of drug-likeness (QED) is 0.459. The van der Waals surface area contributed by atoms with Crippen LogP contribution in [-0.4, -0.2) is 25.0 Å². The van der Waals surface area contributed by atoms with E-state index in [0.717, 1.165) is 0 Å². The van der Waals surface area contributed by atoms with E-state index in [1.54, 1.807) is 0 Å². The summed E-state index contributed by atoms with van der Waals surface area (Å²) in [7, 11) is 0. The molecule has 0 radical (unpaired) electrons. The van der Waals surface area contributed by atoms with Crippen LogP contribution in [0.25, 0.3) is 0 Å². The molecule has 0 aromatic heterocycles. The van der Waals surface area contributed by atoms with Crippen LogP contribution in [0.3, 0.4) is 0 Å². The maximum absolute atomic E-state index is 10.1. The molecular weight excluding hydrogens is 110 g/mol. The minimum absolute atomic E-state index is 0.169. The van der Waals surface area contributed by atoms with E-state index in [9.17, 15) is 9.59 Å². The zero-order valence-corrected chi connectivity index (χ0v) is 4.09. The topological polar surface area (TPSA) is 55.4 Å². The monoisotopic (exact) mass is 115 g/mol. The SMILES string of the molecule is O=C[C@H]1COC(=O)N1. The Bertz CT molecular complexity index is 122. The molecule has 44 valence electrons. The van der Waals surface area contributed by atoms with Crippen LogP contribution in [-0.2, 0) is 9.53 Å². The predicted octanol–water partition coefficient (Wildman–Crippen LogP) is -0.706. The Kier molecular flexibility index (Phi) is 1.15. The number of rotatable bonds is 1. The minimum Gasteiger partial charge on any atom is -0.447 e. The summed E-state index contributed by atoms with van der Waals surface area (Å²) < 4.78 is 4.38. The fourth-order valence-electron chi connectivity index (χ4n) is 0.473. The Hall–Kier alpha value is -1.06. The van der Waals surface area contributed by atoms with Gasteiger partial charge in [-0.1, -0.05) is 0 Å². The molecule has 1 N–H and O–H groups in total. The predicted molar refractivity (Wildman–Crippen MR) is 24.3 cm³/mol. The highest BCUT2D eigenvalue weighted by molar-refractivity contribution is 5.76. The largest absolute Gasteiger partial charge is 0.447 e. The summed E-state index contributed by atoms with van der Waals surface area (Å²) in [5.74, 6) is 0. The van der Waals surface area contributed by atoms with E-state index in [0.29, 0.717) is 6.29 Å². The standard InChI is InChI=1S/C4H5NO3/c6-1-3-2-8-4(7)5-3/h1,3H,2H2,(H,5,7)/t3-/m0/s1. The molecule has 0 aromatic rings. The zero-order chi connectivity index (χ0) is 5.98. The van der Waals surface area contributed by atoms with Gasteiger partial charge in [0.1, 0.15) is 18.9 Å². The van der Waals surface area contributed by atoms with Crippen molar-refractivity contribution in [2.45, 2.75) is 6.04 Å². The molecule has 0 aromatic carbocycles. The lowest BCUT2D eigenvalue weighted by atomic mass is 10.4. The number of carbonyl (C=O) groups is 2. The van der Waals surface area contributed by atoms with Crippen molar-refractivity contribution in [1.82, 2.24) is 5.32 Å². The van der Waals surface area contributed by atoms with Crippen LogP contribution in [0, 0.1) is 0 Å². The third kappa shape index (κ3) is 0.776. The number of cyclic esters (lactones) is 1. The molecular formula is C4H5NO3. The third-order valence-corrected chi connectivity index (χ3v) is 0.861. The number of hydrogen-bond acceptors (Lipinski definition) is 3. The Morgan fingerprint density at radius 1 is 1.88 bits per heavy atom. The summed E-state index contributed by atoms with van der Waals surface area (Å²) >= 11 is 0. The van der Waals surface area contributed by atoms with Gasteiger partial charge in [0.15, 0.2) is 0 Å². The summed E-state index contributed by atoms with van der Waals surface area (Å²) in [6, 6.07) is -0.428. The Morgan fingerprint density at radius 2 is 2.62 bits per heavy atom. The molecule has 1 rings (SSSR count). The Morgan fingerprint density at radius 3 is 2.88 bits per heavy atom. The van der Waals surface area contributed by atoms with Gasteiger partial charge in [0.2, 0.25) is 0 Å². The highest BCUT2D eigenvalue weighted by atomic mass is 16.6. The molecule has 1 fully saturated rings. The number of carbonyl (C=O) groups excluding carboxylic acids is 2. The number of amides is 1. The van der Waals surface area contributed by atoms with Crippen molar-refractivity contribution in [3.63, 3.8) is 0 Å². The van der Waals surface area contributed by atoms with Crippen LogP contribution in [0.4, 0.5) is 4.79 Å². The summed E-state index contributed by atoms with van der Waals surface area (Å²) in [6.45, 7) is 0.169. The Labute approximate surface area is 45.8 Å². The van der Waals surface area contributed by atoms with E-state index < -0.39 is 12.1 Å². The second kappa shape index (κ2) is 1.81. The van der Waals surface area contributed by atoms with Gasteiger partial charge < -0.3 is 14.8 Å². The molecule has 0 aliphatic carbocycles. The number of alkyl carbamates (subject to hydrolysis) is 1. The number of ether oxygens (including phenoxy) is 1. The van der Waals surface area contributed by atoms with Gasteiger partial charge in [-0.25, -0.2) is 4.79 Å². The number of aldehydes is 1. The second-order valence-electron chi connectivity index (χ2n) is 1.49. The fourth-order valence-corrected chi connectivity index (χ4v) is 0.473. The molecule has 4 heteroatoms. The maximum atomic E-state index is 10.1. The molecule has 8 heavy (non-hydrogen) atoms. The van der Waals surface area contributed by atoms with Crippen molar-refractivity contribution < 1.29 is 14.3 Å². The van der Waals surface area contributed by atoms with Crippen LogP contribution >= 0.6 is 0 Å². The first-order valence-corrected chi connectivity index (χ1v) is 2.21. The van der Waals surface area contributed by atoms with Crippen molar-refractivity contribution >= 4 is 12.4 Å². The molecule has 0 saturated carbocycles. The number of hydrogen-bond donors (Lipinski definition) is 1. The molecule has 1 aliphatic heterocycles. The highest BCUT2D eigenvalue weighted by Gasteiger charge is 2.20. The van der Waals surface area contributed by atoms with Gasteiger partial charge in [-0.2, -0.15) is 0 Å². The number of nitrogens with one attached hydrogen (secondary N) is 1. The first-order valence-electron chi connectivity index (χ1n) is 2.21. The van der Waals surface area contributed by atoms with Crippen LogP contribution in [0.1, 0.15) is 0 Å². The van der Waals surface area contributed by atoms with E-state index in [4.69, 9.17) is 0 Å². The average molecular weight is 115 g/mol. The van der Waals surface area contributed by atoms with E-state index >= 15 is 0 Å². The lowest BCUT2D eigenvalue weighted by Crippen LogP contribution is -2.26. The maximum Gasteiger partial charge on any atom is 0.407 e. The normalized spacial score (nSPS) is 26.5. The molecule has 4 nitrogen and oxygen atoms in total. The van der Waals surface area contributed by atoms with Gasteiger partial charge >= 0.3 is 6.09 Å². The van der Waals surface area contributed by atoms with Gasteiger partial charge in [0.25, 0.3) is 0 Å². The average Bonchev–Trinajstić information content (AvgIpc) is 2.14. The first-order chi connectivity index (χ1) is 3.83. The van der Waals surface area contributed by atoms with Crippen molar-refractivity contribution in [2.24, 2.45) is 0 Å². The van der Waals surface area contributed by atoms with E-state index in [2.05, 4.69) is 10.1 Å². The lowest BCUT2D eigenvalue weighted by Gasteiger charge is -1.89. The van der Waals surface area contributed by atoms with E-state index in [1.807, 2.05) is 0 Å². The first kappa shape index (κ1) is 5.08. The molecule has 1 atom stereocenters. The van der Waals surface area contributed by atoms with Crippen LogP contribution in [0.2, 0.25) is 0 Å². The van der Waals surface area contributed by atoms with Gasteiger partial charge in [-0.05, 0) is 0 Å². The highest BCUT2D eigenvalue weighted by Crippen LogP contribution is 1.92. The van der Waals surface area contributed by atoms with Gasteiger partial charge in [0, 0.05) is 0 Å². The zero-order valence-electron chi connectivity index (χ0n) is 4.09. The van der Waals surface area contributed by atoms with E-state index in [1.165, 1.54) is 0 Å². The molecule has 1 heterocycles. The third-order valence-electron chi connectivity index (χ3n) is 0.861. The van der Waals surface area contributed by atoms with Crippen molar-refractivity contribution in [3.8, 4) is 0 Å². The minimum atomic E-state index is -0.512. The summed E-state index contributed by atoms with van der Waals surface area (Å²) in [4.78, 5) is 20.0. The van der Waals surface area contributed by atoms with Gasteiger partial charge in [-0.3, -0.25) is 0 Å². The van der Waals surface area contributed by atoms with Crippen LogP contribution in [0.5, 0.6) is 0 Å². The van der Waals surface area contributed by atoms with Crippen LogP contribution < -0.4 is 5.32 Å². The summed E-state index contributed by atoms with van der Waals surface area (Å²) in [5, 5.41) is 2.27. The molecule has 0 bridgehead atoms. The van der Waals surface area contributed by atoms with Crippen molar-refractivity contribution in [2.75, 3.05) is 6.61 Å². The summed E-state index contributed by atoms with van der Waals surface area (Å²) in [5.41, 5.74) is 0. The fraction of sp³-hybridized carbons (Fsp3) is 0.500.